The van der Waals surface area contributed by atoms with E-state index in [9.17, 15) is 31.3 Å². The van der Waals surface area contributed by atoms with Crippen LogP contribution in [0.2, 0.25) is 0 Å². The van der Waals surface area contributed by atoms with E-state index >= 15 is 0 Å². The van der Waals surface area contributed by atoms with Gasteiger partial charge in [-0.15, -0.1) is 0 Å². The van der Waals surface area contributed by atoms with Crippen molar-refractivity contribution >= 4 is 65.0 Å². The van der Waals surface area contributed by atoms with E-state index in [0.717, 1.165) is 62.7 Å². The number of anilines is 1. The molecular formula is C57H75N5O9S2+2. The van der Waals surface area contributed by atoms with Crippen LogP contribution in [-0.2, 0) is 40.1 Å². The molecule has 0 atom stereocenters. The van der Waals surface area contributed by atoms with Crippen LogP contribution < -0.4 is 9.80 Å². The number of hydroxylamine groups is 3. The number of aliphatic hydroxyl groups excluding tert-OH is 1. The van der Waals surface area contributed by atoms with Gasteiger partial charge in [0.05, 0.1) is 54.1 Å². The first kappa shape index (κ1) is 54.1. The summed E-state index contributed by atoms with van der Waals surface area (Å²) in [4.78, 5) is 18.4. The molecular weight excluding hydrogens is 963 g/mol. The van der Waals surface area contributed by atoms with Gasteiger partial charge in [-0.05, 0) is 105 Å². The Labute approximate surface area is 433 Å². The van der Waals surface area contributed by atoms with Gasteiger partial charge in [-0.1, -0.05) is 78.8 Å². The molecule has 0 radical (unpaired) electrons. The third-order valence-corrected chi connectivity index (χ3v) is 17.9. The standard InChI is InChI=1S/C57H74N5O9S2/c1-8-62(9-2,10-3)71-73(68,69)41-16-33-61-49-29-25-43-19-12-14-21-47(43)53(49)57(6,7)51(61)31-27-45-23-22-44(54(45)58-34-36-59(37-35-58)55(64)70-39-17-38-63)26-30-50-56(4,5)52-46-20-13-11-18-42(46)24-28-48(52)60(50)32-15-40-72(65,66)67/h11-14,18-21,24-31,63H,8-10,15-17,22-23,32-41H2,1-7H3/q+1/p+1. The number of benzene rings is 4. The van der Waals surface area contributed by atoms with Crippen LogP contribution in [0.25, 0.3) is 21.5 Å². The third kappa shape index (κ3) is 11.3. The summed E-state index contributed by atoms with van der Waals surface area (Å²) >= 11 is 0. The molecule has 1 fully saturated rings. The summed E-state index contributed by atoms with van der Waals surface area (Å²) in [5, 5.41) is 13.8. The van der Waals surface area contributed by atoms with E-state index in [2.05, 4.69) is 122 Å². The maximum Gasteiger partial charge on any atom is 0.410 e. The highest BCUT2D eigenvalue weighted by Crippen LogP contribution is 2.51. The Balaban J connectivity index is 1.19. The number of carbonyl (C=O) groups excluding carboxylic acids is 1. The number of quaternary nitrogens is 2. The molecule has 4 aliphatic rings. The second kappa shape index (κ2) is 21.9. The van der Waals surface area contributed by atoms with Crippen molar-refractivity contribution in [1.82, 2.24) is 4.90 Å². The Kier molecular flexibility index (Phi) is 16.3. The Morgan fingerprint density at radius 2 is 1.44 bits per heavy atom. The van der Waals surface area contributed by atoms with Crippen LogP contribution in [0.1, 0.15) is 91.7 Å². The maximum atomic E-state index is 13.6. The molecule has 3 aliphatic heterocycles. The van der Waals surface area contributed by atoms with Gasteiger partial charge in [0.1, 0.15) is 31.9 Å². The van der Waals surface area contributed by atoms with Gasteiger partial charge in [0.25, 0.3) is 0 Å². The molecule has 73 heavy (non-hydrogen) atoms. The molecule has 16 heteroatoms. The first-order chi connectivity index (χ1) is 34.8. The summed E-state index contributed by atoms with van der Waals surface area (Å²) in [7, 11) is -8.25. The van der Waals surface area contributed by atoms with Crippen LogP contribution in [-0.4, -0.2) is 136 Å². The molecule has 1 amide bonds. The zero-order chi connectivity index (χ0) is 52.3. The van der Waals surface area contributed by atoms with Gasteiger partial charge >= 0.3 is 16.2 Å². The van der Waals surface area contributed by atoms with Crippen molar-refractivity contribution in [2.24, 2.45) is 0 Å². The topological polar surface area (TPSA) is 161 Å². The molecule has 4 aromatic rings. The van der Waals surface area contributed by atoms with Crippen molar-refractivity contribution in [2.45, 2.75) is 91.4 Å². The molecule has 0 saturated carbocycles. The summed E-state index contributed by atoms with van der Waals surface area (Å²) < 4.78 is 76.3. The highest BCUT2D eigenvalue weighted by molar-refractivity contribution is 7.86. The Morgan fingerprint density at radius 3 is 2.08 bits per heavy atom. The number of carbonyl (C=O) groups is 1. The van der Waals surface area contributed by atoms with Crippen molar-refractivity contribution in [1.29, 1.82) is 0 Å². The molecule has 0 spiro atoms. The largest absolute Gasteiger partial charge is 0.748 e. The number of amides is 1. The van der Waals surface area contributed by atoms with Gasteiger partial charge < -0.3 is 19.3 Å². The van der Waals surface area contributed by atoms with Crippen LogP contribution in [0.4, 0.5) is 16.2 Å². The fourth-order valence-electron chi connectivity index (χ4n) is 11.9. The number of fused-ring (bicyclic) bond motifs is 6. The van der Waals surface area contributed by atoms with E-state index in [1.54, 1.807) is 4.90 Å². The number of hydrogen-bond acceptors (Lipinski definition) is 10. The van der Waals surface area contributed by atoms with Crippen molar-refractivity contribution < 1.29 is 54.4 Å². The van der Waals surface area contributed by atoms with E-state index in [0.29, 0.717) is 71.7 Å². The lowest BCUT2D eigenvalue weighted by Crippen LogP contribution is -3.13. The fraction of sp³-hybridized carbons (Fsp3) is 0.474. The lowest BCUT2D eigenvalue weighted by atomic mass is 9.79. The minimum Gasteiger partial charge on any atom is -0.748 e. The molecule has 8 rings (SSSR count). The monoisotopic (exact) mass is 1040 g/mol. The minimum atomic E-state index is -4.41. The van der Waals surface area contributed by atoms with Crippen LogP contribution >= 0.6 is 0 Å². The minimum absolute atomic E-state index is 0.0502. The summed E-state index contributed by atoms with van der Waals surface area (Å²) in [6.45, 7) is 19.7. The lowest BCUT2D eigenvalue weighted by Gasteiger charge is -2.32. The molecule has 3 heterocycles. The third-order valence-electron chi connectivity index (χ3n) is 15.8. The average Bonchev–Trinajstić information content (AvgIpc) is 3.95. The number of rotatable bonds is 20. The van der Waals surface area contributed by atoms with Crippen LogP contribution in [0.15, 0.2) is 120 Å². The quantitative estimate of drug-likeness (QED) is 0.0295. The molecule has 2 N–H and O–H groups in total. The average molecular weight is 1040 g/mol. The SMILES string of the molecule is CC[N+](CC)(CC)OS(=O)(=O)CCCN1C(=CC=C2CCC(C=CC3=[N+](CCCS(=O)(=O)[O-])c4ccc5ccccc5c4C3(C)C)=C2[NH+]2CCN(C(=O)OCCCO)CC2)C(C)(C)c2c1ccc1ccccc21. The zero-order valence-corrected chi connectivity index (χ0v) is 45.4. The molecule has 14 nitrogen and oxygen atoms in total. The van der Waals surface area contributed by atoms with E-state index < -0.39 is 36.8 Å². The van der Waals surface area contributed by atoms with Crippen LogP contribution in [0.5, 0.6) is 0 Å². The number of hydrogen-bond donors (Lipinski definition) is 2. The number of allylic oxidation sites excluding steroid dienone is 7. The molecule has 4 aromatic carbocycles. The highest BCUT2D eigenvalue weighted by atomic mass is 32.2. The molecule has 1 aliphatic carbocycles. The van der Waals surface area contributed by atoms with Crippen molar-refractivity contribution in [2.75, 3.05) is 88.5 Å². The molecule has 1 saturated heterocycles. The van der Waals surface area contributed by atoms with E-state index in [4.69, 9.17) is 9.02 Å². The number of aliphatic hydroxyl groups is 1. The maximum absolute atomic E-state index is 13.6. The van der Waals surface area contributed by atoms with E-state index in [-0.39, 0.29) is 36.1 Å². The summed E-state index contributed by atoms with van der Waals surface area (Å²) in [6.07, 6.45) is 11.0. The second-order valence-electron chi connectivity index (χ2n) is 20.9. The van der Waals surface area contributed by atoms with Gasteiger partial charge in [0, 0.05) is 77.4 Å². The van der Waals surface area contributed by atoms with Gasteiger partial charge in [0.2, 0.25) is 5.69 Å². The van der Waals surface area contributed by atoms with Crippen LogP contribution in [0.3, 0.4) is 0 Å². The Bertz CT molecular complexity index is 3120. The number of ether oxygens (including phenoxy) is 1. The highest BCUT2D eigenvalue weighted by Gasteiger charge is 2.46. The van der Waals surface area contributed by atoms with Gasteiger partial charge in [0.15, 0.2) is 5.71 Å². The molecule has 0 unspecified atom stereocenters. The second-order valence-corrected chi connectivity index (χ2v) is 24.1. The van der Waals surface area contributed by atoms with Gasteiger partial charge in [-0.3, -0.25) is 9.80 Å². The first-order valence-electron chi connectivity index (χ1n) is 26.2. The van der Waals surface area contributed by atoms with Crippen molar-refractivity contribution in [3.8, 4) is 0 Å². The molecule has 0 bridgehead atoms. The lowest BCUT2D eigenvalue weighted by molar-refractivity contribution is -1.08. The van der Waals surface area contributed by atoms with Crippen LogP contribution in [0, 0.1) is 0 Å². The van der Waals surface area contributed by atoms with E-state index in [1.165, 1.54) is 27.3 Å². The predicted octanol–water partition coefficient (Wildman–Crippen LogP) is 7.76. The smallest absolute Gasteiger partial charge is 0.410 e. The summed E-state index contributed by atoms with van der Waals surface area (Å²) in [6, 6.07) is 25.3. The fourth-order valence-corrected chi connectivity index (χ4v) is 13.7. The number of piperazine rings is 1. The normalized spacial score (nSPS) is 19.4. The molecule has 0 aromatic heterocycles. The Morgan fingerprint density at radius 1 is 0.795 bits per heavy atom. The zero-order valence-electron chi connectivity index (χ0n) is 43.8. The Hall–Kier alpha value is -5.20. The van der Waals surface area contributed by atoms with Crippen molar-refractivity contribution in [3.05, 3.63) is 131 Å². The summed E-state index contributed by atoms with van der Waals surface area (Å²) in [5.74, 6) is -0.562. The number of nitrogens with one attached hydrogen (secondary N) is 1. The van der Waals surface area contributed by atoms with Crippen molar-refractivity contribution in [3.63, 3.8) is 0 Å². The summed E-state index contributed by atoms with van der Waals surface area (Å²) in [5.41, 5.74) is 9.15. The van der Waals surface area contributed by atoms with Gasteiger partial charge in [-0.25, -0.2) is 13.2 Å². The number of nitrogens with zero attached hydrogens (tertiary/aromatic N) is 4. The first-order valence-corrected chi connectivity index (χ1v) is 29.3. The predicted molar refractivity (Wildman–Crippen MR) is 289 cm³/mol. The van der Waals surface area contributed by atoms with E-state index in [1.807, 2.05) is 32.9 Å². The molecule has 392 valence electrons. The van der Waals surface area contributed by atoms with Gasteiger partial charge in [-0.2, -0.15) is 17.6 Å².